The van der Waals surface area contributed by atoms with Gasteiger partial charge in [0, 0.05) is 0 Å². The van der Waals surface area contributed by atoms with E-state index in [9.17, 15) is 35.9 Å². The smallest absolute Gasteiger partial charge is 0.422 e. The first-order chi connectivity index (χ1) is 10.9. The lowest BCUT2D eigenvalue weighted by Crippen LogP contribution is -2.21. The second-order valence-electron chi connectivity index (χ2n) is 4.64. The summed E-state index contributed by atoms with van der Waals surface area (Å²) in [7, 11) is 0. The maximum atomic E-state index is 12.1. The maximum absolute atomic E-state index is 12.1. The summed E-state index contributed by atoms with van der Waals surface area (Å²) in [4.78, 5) is 21.9. The Bertz CT molecular complexity index is 435. The van der Waals surface area contributed by atoms with E-state index >= 15 is 0 Å². The van der Waals surface area contributed by atoms with Crippen molar-refractivity contribution in [3.8, 4) is 0 Å². The highest BCUT2D eigenvalue weighted by Crippen LogP contribution is 2.25. The molecule has 0 aliphatic heterocycles. The van der Waals surface area contributed by atoms with Gasteiger partial charge in [0.1, 0.15) is 11.1 Å². The molecule has 0 aromatic heterocycles. The van der Waals surface area contributed by atoms with Gasteiger partial charge in [0.15, 0.2) is 0 Å². The average Bonchev–Trinajstić information content (AvgIpc) is 2.45. The lowest BCUT2D eigenvalue weighted by atomic mass is 10.2. The third-order valence-electron chi connectivity index (χ3n) is 2.68. The summed E-state index contributed by atoms with van der Waals surface area (Å²) >= 11 is 0. The van der Waals surface area contributed by atoms with E-state index < -0.39 is 35.4 Å². The first kappa shape index (κ1) is 22.0. The molecule has 4 nitrogen and oxygen atoms in total. The van der Waals surface area contributed by atoms with Gasteiger partial charge in [-0.05, 0) is 25.7 Å². The molecule has 0 saturated carbocycles. The summed E-state index contributed by atoms with van der Waals surface area (Å²) in [6.45, 7) is 4.65. The van der Waals surface area contributed by atoms with Gasteiger partial charge < -0.3 is 9.47 Å². The Labute approximate surface area is 134 Å². The number of ether oxygens (including phenoxy) is 2. The third kappa shape index (κ3) is 8.59. The molecule has 0 heterocycles. The van der Waals surface area contributed by atoms with Crippen molar-refractivity contribution in [2.75, 3.05) is 13.2 Å². The molecule has 0 saturated heterocycles. The topological polar surface area (TPSA) is 52.6 Å². The molecule has 0 N–H and O–H groups in total. The average molecular weight is 362 g/mol. The Balaban J connectivity index is 3.73. The normalized spacial score (nSPS) is 11.8. The van der Waals surface area contributed by atoms with E-state index in [0.29, 0.717) is 12.8 Å². The van der Waals surface area contributed by atoms with Crippen LogP contribution in [0.15, 0.2) is 24.3 Å². The lowest BCUT2D eigenvalue weighted by Gasteiger charge is -2.10. The van der Waals surface area contributed by atoms with Crippen LogP contribution in [0.4, 0.5) is 26.3 Å². The summed E-state index contributed by atoms with van der Waals surface area (Å²) in [5.41, 5.74) is -3.20. The molecule has 24 heavy (non-hydrogen) atoms. The third-order valence-corrected chi connectivity index (χ3v) is 2.68. The Morgan fingerprint density at radius 3 is 1.21 bits per heavy atom. The lowest BCUT2D eigenvalue weighted by molar-refractivity contribution is -0.152. The van der Waals surface area contributed by atoms with E-state index in [4.69, 9.17) is 0 Å². The van der Waals surface area contributed by atoms with E-state index in [1.807, 2.05) is 0 Å². The highest BCUT2D eigenvalue weighted by molar-refractivity contribution is 5.89. The van der Waals surface area contributed by atoms with Crippen molar-refractivity contribution in [1.29, 1.82) is 0 Å². The maximum Gasteiger partial charge on any atom is 0.422 e. The fourth-order valence-corrected chi connectivity index (χ4v) is 1.29. The van der Waals surface area contributed by atoms with Crippen molar-refractivity contribution in [2.24, 2.45) is 0 Å². The first-order valence-corrected chi connectivity index (χ1v) is 6.73. The van der Waals surface area contributed by atoms with Crippen molar-refractivity contribution in [3.05, 3.63) is 24.3 Å². The molecule has 0 fully saturated rings. The number of unbranched alkanes of at least 4 members (excludes halogenated alkanes) is 3. The van der Waals surface area contributed by atoms with Crippen LogP contribution in [0.25, 0.3) is 0 Å². The standard InChI is InChI=1S/C14H16F6O4/c1-9(13(15,16)17)11(21)23-7-5-3-4-6-8-24-12(22)10(2)14(18,19)20/h1-8H2. The largest absolute Gasteiger partial charge is 0.462 e. The summed E-state index contributed by atoms with van der Waals surface area (Å²) in [5.74, 6) is -3.11. The molecule has 0 aromatic carbocycles. The van der Waals surface area contributed by atoms with Crippen LogP contribution >= 0.6 is 0 Å². The number of carbonyl (C=O) groups excluding carboxylic acids is 2. The van der Waals surface area contributed by atoms with Gasteiger partial charge >= 0.3 is 24.3 Å². The van der Waals surface area contributed by atoms with E-state index in [1.165, 1.54) is 0 Å². The minimum absolute atomic E-state index is 0.250. The number of esters is 2. The van der Waals surface area contributed by atoms with Crippen LogP contribution in [-0.2, 0) is 19.1 Å². The van der Waals surface area contributed by atoms with Crippen molar-refractivity contribution in [1.82, 2.24) is 0 Å². The van der Waals surface area contributed by atoms with E-state index in [1.54, 1.807) is 0 Å². The zero-order valence-corrected chi connectivity index (χ0v) is 12.6. The number of hydrogen-bond donors (Lipinski definition) is 0. The quantitative estimate of drug-likeness (QED) is 0.270. The minimum atomic E-state index is -4.85. The van der Waals surface area contributed by atoms with Gasteiger partial charge in [0.25, 0.3) is 0 Å². The second-order valence-corrected chi connectivity index (χ2v) is 4.64. The molecule has 0 aromatic rings. The predicted molar refractivity (Wildman–Crippen MR) is 70.8 cm³/mol. The Morgan fingerprint density at radius 1 is 0.667 bits per heavy atom. The summed E-state index contributed by atoms with van der Waals surface area (Å²) in [6, 6.07) is 0. The number of carbonyl (C=O) groups is 2. The SMILES string of the molecule is C=C(C(=O)OCCCCCCOC(=O)C(=C)C(F)(F)F)C(F)(F)F. The van der Waals surface area contributed by atoms with Crippen LogP contribution in [-0.4, -0.2) is 37.5 Å². The number of alkyl halides is 6. The van der Waals surface area contributed by atoms with Gasteiger partial charge in [0.2, 0.25) is 0 Å². The van der Waals surface area contributed by atoms with Crippen molar-refractivity contribution < 1.29 is 45.4 Å². The number of hydrogen-bond acceptors (Lipinski definition) is 4. The first-order valence-electron chi connectivity index (χ1n) is 6.73. The van der Waals surface area contributed by atoms with Gasteiger partial charge in [-0.3, -0.25) is 0 Å². The number of halogens is 6. The number of rotatable bonds is 9. The highest BCUT2D eigenvalue weighted by Gasteiger charge is 2.38. The summed E-state index contributed by atoms with van der Waals surface area (Å²) in [6.07, 6.45) is -8.35. The fraction of sp³-hybridized carbons (Fsp3) is 0.571. The molecule has 10 heteroatoms. The van der Waals surface area contributed by atoms with Crippen molar-refractivity contribution in [3.63, 3.8) is 0 Å². The van der Waals surface area contributed by atoms with E-state index in [-0.39, 0.29) is 26.1 Å². The van der Waals surface area contributed by atoms with Gasteiger partial charge in [0.05, 0.1) is 13.2 Å². The van der Waals surface area contributed by atoms with E-state index in [2.05, 4.69) is 22.6 Å². The Morgan fingerprint density at radius 2 is 0.958 bits per heavy atom. The van der Waals surface area contributed by atoms with Crippen LogP contribution in [0.5, 0.6) is 0 Å². The predicted octanol–water partition coefficient (Wildman–Crippen LogP) is 3.87. The molecule has 0 rings (SSSR count). The van der Waals surface area contributed by atoms with Crippen molar-refractivity contribution in [2.45, 2.75) is 38.0 Å². The minimum Gasteiger partial charge on any atom is -0.462 e. The van der Waals surface area contributed by atoms with Gasteiger partial charge in [-0.25, -0.2) is 9.59 Å². The molecular formula is C14H16F6O4. The van der Waals surface area contributed by atoms with Crippen molar-refractivity contribution >= 4 is 11.9 Å². The van der Waals surface area contributed by atoms with Gasteiger partial charge in [-0.2, -0.15) is 26.3 Å². The second kappa shape index (κ2) is 9.33. The molecule has 0 atom stereocenters. The van der Waals surface area contributed by atoms with Gasteiger partial charge in [-0.1, -0.05) is 13.2 Å². The molecule has 0 radical (unpaired) electrons. The summed E-state index contributed by atoms with van der Waals surface area (Å²) in [5, 5.41) is 0. The molecule has 138 valence electrons. The molecule has 0 amide bonds. The Kier molecular flexibility index (Phi) is 8.56. The van der Waals surface area contributed by atoms with Crippen LogP contribution in [0, 0.1) is 0 Å². The highest BCUT2D eigenvalue weighted by atomic mass is 19.4. The molecule has 0 aliphatic carbocycles. The molecular weight excluding hydrogens is 346 g/mol. The molecule has 0 bridgehead atoms. The zero-order chi connectivity index (χ0) is 19.0. The zero-order valence-electron chi connectivity index (χ0n) is 12.6. The fourth-order valence-electron chi connectivity index (χ4n) is 1.29. The Hall–Kier alpha value is -2.00. The molecule has 0 spiro atoms. The molecule has 0 unspecified atom stereocenters. The van der Waals surface area contributed by atoms with Crippen LogP contribution in [0.1, 0.15) is 25.7 Å². The summed E-state index contributed by atoms with van der Waals surface area (Å²) < 4.78 is 81.3. The van der Waals surface area contributed by atoms with Crippen LogP contribution < -0.4 is 0 Å². The monoisotopic (exact) mass is 362 g/mol. The van der Waals surface area contributed by atoms with Crippen LogP contribution in [0.2, 0.25) is 0 Å². The molecule has 0 aliphatic rings. The van der Waals surface area contributed by atoms with Gasteiger partial charge in [-0.15, -0.1) is 0 Å². The van der Waals surface area contributed by atoms with E-state index in [0.717, 1.165) is 0 Å². The van der Waals surface area contributed by atoms with Crippen LogP contribution in [0.3, 0.4) is 0 Å².